The molecule has 0 aliphatic carbocycles. The number of nitrogens with zero attached hydrogens (tertiary/aromatic N) is 3. The van der Waals surface area contributed by atoms with Crippen molar-refractivity contribution in [3.05, 3.63) is 59.1 Å². The SMILES string of the molecule is N#C[C@@H]1CC(F)(F)CN1C(=O)CNC(=O)c1ccncc1NC(=O)c1cc2cc(Cl)ccc2o1. The molecule has 0 unspecified atom stereocenters. The summed E-state index contributed by atoms with van der Waals surface area (Å²) in [6, 6.07) is 8.06. The van der Waals surface area contributed by atoms with Crippen LogP contribution in [0.4, 0.5) is 14.5 Å². The van der Waals surface area contributed by atoms with E-state index in [1.54, 1.807) is 24.3 Å². The molecule has 1 saturated heterocycles. The van der Waals surface area contributed by atoms with Crippen LogP contribution in [-0.4, -0.2) is 52.7 Å². The van der Waals surface area contributed by atoms with Crippen LogP contribution in [0.1, 0.15) is 27.3 Å². The number of amides is 3. The molecule has 12 heteroatoms. The van der Waals surface area contributed by atoms with Gasteiger partial charge in [-0.3, -0.25) is 19.4 Å². The molecule has 34 heavy (non-hydrogen) atoms. The first-order valence-electron chi connectivity index (χ1n) is 9.96. The largest absolute Gasteiger partial charge is 0.451 e. The maximum absolute atomic E-state index is 13.6. The fraction of sp³-hybridized carbons (Fsp3) is 0.227. The van der Waals surface area contributed by atoms with Gasteiger partial charge in [0, 0.05) is 23.0 Å². The van der Waals surface area contributed by atoms with E-state index in [0.29, 0.717) is 16.0 Å². The van der Waals surface area contributed by atoms with Gasteiger partial charge in [0.25, 0.3) is 17.7 Å². The van der Waals surface area contributed by atoms with Gasteiger partial charge in [0.1, 0.15) is 11.6 Å². The zero-order valence-corrected chi connectivity index (χ0v) is 18.1. The molecule has 3 aromatic rings. The summed E-state index contributed by atoms with van der Waals surface area (Å²) in [5.74, 6) is -5.41. The molecular formula is C22H16ClF2N5O4. The molecule has 2 N–H and O–H groups in total. The minimum atomic E-state index is -3.16. The van der Waals surface area contributed by atoms with Gasteiger partial charge in [-0.1, -0.05) is 11.6 Å². The molecule has 9 nitrogen and oxygen atoms in total. The van der Waals surface area contributed by atoms with Crippen molar-refractivity contribution in [1.29, 1.82) is 5.26 Å². The lowest BCUT2D eigenvalue weighted by Crippen LogP contribution is -2.43. The molecule has 0 saturated carbocycles. The average molecular weight is 488 g/mol. The van der Waals surface area contributed by atoms with E-state index in [1.165, 1.54) is 24.5 Å². The number of furan rings is 1. The van der Waals surface area contributed by atoms with E-state index >= 15 is 0 Å². The lowest BCUT2D eigenvalue weighted by atomic mass is 10.2. The summed E-state index contributed by atoms with van der Waals surface area (Å²) >= 11 is 5.94. The monoisotopic (exact) mass is 487 g/mol. The summed E-state index contributed by atoms with van der Waals surface area (Å²) in [5, 5.41) is 15.0. The zero-order chi connectivity index (χ0) is 24.5. The fourth-order valence-corrected chi connectivity index (χ4v) is 3.73. The number of nitrogens with one attached hydrogen (secondary N) is 2. The predicted octanol–water partition coefficient (Wildman–Crippen LogP) is 3.22. The molecule has 1 aliphatic rings. The molecule has 0 bridgehead atoms. The second-order valence-corrected chi connectivity index (χ2v) is 8.01. The Hall–Kier alpha value is -4.04. The average Bonchev–Trinajstić information content (AvgIpc) is 3.37. The number of rotatable bonds is 5. The predicted molar refractivity (Wildman–Crippen MR) is 116 cm³/mol. The number of alkyl halides is 2. The molecule has 4 rings (SSSR count). The Balaban J connectivity index is 1.44. The number of carbonyl (C=O) groups excluding carboxylic acids is 3. The highest BCUT2D eigenvalue weighted by Gasteiger charge is 2.47. The summed E-state index contributed by atoms with van der Waals surface area (Å²) in [6.45, 7) is -1.49. The normalized spacial score (nSPS) is 16.8. The molecule has 0 radical (unpaired) electrons. The van der Waals surface area contributed by atoms with Gasteiger partial charge in [-0.25, -0.2) is 8.78 Å². The lowest BCUT2D eigenvalue weighted by molar-refractivity contribution is -0.131. The Morgan fingerprint density at radius 1 is 1.26 bits per heavy atom. The highest BCUT2D eigenvalue weighted by molar-refractivity contribution is 6.31. The van der Waals surface area contributed by atoms with Crippen molar-refractivity contribution < 1.29 is 27.6 Å². The van der Waals surface area contributed by atoms with Gasteiger partial charge in [0.2, 0.25) is 5.91 Å². The Morgan fingerprint density at radius 3 is 2.82 bits per heavy atom. The van der Waals surface area contributed by atoms with Crippen LogP contribution in [-0.2, 0) is 4.79 Å². The van der Waals surface area contributed by atoms with Gasteiger partial charge in [0.05, 0.1) is 36.6 Å². The number of benzene rings is 1. The first-order chi connectivity index (χ1) is 16.2. The van der Waals surface area contributed by atoms with Crippen molar-refractivity contribution in [2.24, 2.45) is 0 Å². The maximum atomic E-state index is 13.6. The van der Waals surface area contributed by atoms with E-state index in [1.807, 2.05) is 0 Å². The molecule has 1 aliphatic heterocycles. The summed E-state index contributed by atoms with van der Waals surface area (Å²) in [4.78, 5) is 42.2. The first kappa shape index (κ1) is 23.1. The molecule has 174 valence electrons. The van der Waals surface area contributed by atoms with E-state index in [2.05, 4.69) is 15.6 Å². The topological polar surface area (TPSA) is 128 Å². The number of halogens is 3. The molecule has 0 spiro atoms. The number of hydrogen-bond acceptors (Lipinski definition) is 6. The van der Waals surface area contributed by atoms with Crippen LogP contribution in [0.3, 0.4) is 0 Å². The quantitative estimate of drug-likeness (QED) is 0.568. The van der Waals surface area contributed by atoms with Gasteiger partial charge in [-0.05, 0) is 30.3 Å². The first-order valence-corrected chi connectivity index (χ1v) is 10.3. The minimum absolute atomic E-state index is 0.0149. The van der Waals surface area contributed by atoms with Gasteiger partial charge < -0.3 is 20.0 Å². The molecule has 3 amide bonds. The van der Waals surface area contributed by atoms with Crippen molar-refractivity contribution in [2.75, 3.05) is 18.4 Å². The Labute approximate surface area is 196 Å². The molecule has 3 heterocycles. The molecule has 1 aromatic carbocycles. The summed E-state index contributed by atoms with van der Waals surface area (Å²) in [7, 11) is 0. The van der Waals surface area contributed by atoms with Crippen molar-refractivity contribution in [3.63, 3.8) is 0 Å². The van der Waals surface area contributed by atoms with Crippen LogP contribution in [0.5, 0.6) is 0 Å². The van der Waals surface area contributed by atoms with Crippen LogP contribution in [0.25, 0.3) is 11.0 Å². The van der Waals surface area contributed by atoms with Crippen molar-refractivity contribution in [3.8, 4) is 6.07 Å². The lowest BCUT2D eigenvalue weighted by Gasteiger charge is -2.19. The fourth-order valence-electron chi connectivity index (χ4n) is 3.55. The summed E-state index contributed by atoms with van der Waals surface area (Å²) in [5.41, 5.74) is 0.470. The number of likely N-dealkylation sites (tertiary alicyclic amines) is 1. The van der Waals surface area contributed by atoms with Crippen LogP contribution in [0.2, 0.25) is 5.02 Å². The van der Waals surface area contributed by atoms with Crippen molar-refractivity contribution >= 4 is 46.0 Å². The standard InChI is InChI=1S/C22H16ClF2N5O4/c23-13-1-2-17-12(5-13)6-18(34-17)21(33)29-16-9-27-4-3-15(16)20(32)28-10-19(31)30-11-22(24,25)7-14(30)8-26/h1-6,9,14H,7,10-11H2,(H,28,32)(H,29,33)/t14-/m0/s1. The highest BCUT2D eigenvalue weighted by atomic mass is 35.5. The molecule has 1 atom stereocenters. The number of pyridine rings is 1. The third-order valence-electron chi connectivity index (χ3n) is 5.16. The van der Waals surface area contributed by atoms with E-state index in [4.69, 9.17) is 21.3 Å². The Bertz CT molecular complexity index is 1340. The maximum Gasteiger partial charge on any atom is 0.291 e. The number of nitriles is 1. The van der Waals surface area contributed by atoms with Crippen molar-refractivity contribution in [2.45, 2.75) is 18.4 Å². The second kappa shape index (κ2) is 9.07. The van der Waals surface area contributed by atoms with Crippen LogP contribution in [0.15, 0.2) is 47.1 Å². The molecule has 2 aromatic heterocycles. The smallest absolute Gasteiger partial charge is 0.291 e. The zero-order valence-electron chi connectivity index (χ0n) is 17.3. The van der Waals surface area contributed by atoms with Gasteiger partial charge in [-0.15, -0.1) is 0 Å². The minimum Gasteiger partial charge on any atom is -0.451 e. The van der Waals surface area contributed by atoms with Crippen LogP contribution >= 0.6 is 11.6 Å². The Kier molecular flexibility index (Phi) is 6.17. The van der Waals surface area contributed by atoms with Gasteiger partial charge >= 0.3 is 0 Å². The van der Waals surface area contributed by atoms with Gasteiger partial charge in [-0.2, -0.15) is 5.26 Å². The Morgan fingerprint density at radius 2 is 2.06 bits per heavy atom. The van der Waals surface area contributed by atoms with E-state index in [-0.39, 0.29) is 17.0 Å². The van der Waals surface area contributed by atoms with E-state index in [0.717, 1.165) is 4.90 Å². The summed E-state index contributed by atoms with van der Waals surface area (Å²) in [6.07, 6.45) is 1.79. The van der Waals surface area contributed by atoms with E-state index < -0.39 is 49.2 Å². The van der Waals surface area contributed by atoms with Crippen LogP contribution < -0.4 is 10.6 Å². The number of aromatic nitrogens is 1. The molecular weight excluding hydrogens is 472 g/mol. The summed E-state index contributed by atoms with van der Waals surface area (Å²) < 4.78 is 32.6. The third-order valence-corrected chi connectivity index (χ3v) is 5.39. The van der Waals surface area contributed by atoms with Crippen molar-refractivity contribution in [1.82, 2.24) is 15.2 Å². The third kappa shape index (κ3) is 4.82. The van der Waals surface area contributed by atoms with Gasteiger partial charge in [0.15, 0.2) is 5.76 Å². The van der Waals surface area contributed by atoms with Crippen LogP contribution in [0, 0.1) is 11.3 Å². The molecule has 1 fully saturated rings. The number of anilines is 1. The van der Waals surface area contributed by atoms with E-state index in [9.17, 15) is 23.2 Å². The second-order valence-electron chi connectivity index (χ2n) is 7.58. The number of carbonyl (C=O) groups is 3. The number of fused-ring (bicyclic) bond motifs is 1. The number of hydrogen-bond donors (Lipinski definition) is 2. The highest BCUT2D eigenvalue weighted by Crippen LogP contribution is 2.31.